The molecule has 1 heterocycles. The molecule has 0 radical (unpaired) electrons. The van der Waals surface area contributed by atoms with E-state index in [4.69, 9.17) is 5.11 Å². The van der Waals surface area contributed by atoms with Crippen LogP contribution in [0.4, 0.5) is 0 Å². The predicted octanol–water partition coefficient (Wildman–Crippen LogP) is 2.78. The Labute approximate surface area is 134 Å². The molecule has 2 rings (SSSR count). The van der Waals surface area contributed by atoms with Gasteiger partial charge in [-0.25, -0.2) is 4.79 Å². The third kappa shape index (κ3) is 3.47. The zero-order valence-corrected chi connectivity index (χ0v) is 13.7. The molecule has 0 saturated carbocycles. The van der Waals surface area contributed by atoms with E-state index in [1.807, 2.05) is 6.92 Å². The number of hydrogen-bond donors (Lipinski definition) is 1. The summed E-state index contributed by atoms with van der Waals surface area (Å²) in [5.41, 5.74) is 0.141. The summed E-state index contributed by atoms with van der Waals surface area (Å²) in [4.78, 5) is 37.0. The summed E-state index contributed by atoms with van der Waals surface area (Å²) in [7, 11) is 0. The zero-order valence-electron chi connectivity index (χ0n) is 11.3. The maximum Gasteiger partial charge on any atom is 0.336 e. The van der Waals surface area contributed by atoms with Crippen molar-refractivity contribution in [3.8, 4) is 0 Å². The molecular formula is C14H14BrNO4S. The lowest BCUT2D eigenvalue weighted by atomic mass is 10.2. The highest BCUT2D eigenvalue weighted by molar-refractivity contribution is 9.10. The first-order valence-corrected chi connectivity index (χ1v) is 8.15. The molecular weight excluding hydrogens is 358 g/mol. The van der Waals surface area contributed by atoms with Gasteiger partial charge in [-0.15, -0.1) is 11.8 Å². The summed E-state index contributed by atoms with van der Waals surface area (Å²) in [5.74, 6) is -1.38. The van der Waals surface area contributed by atoms with Gasteiger partial charge in [0, 0.05) is 22.3 Å². The Morgan fingerprint density at radius 1 is 1.48 bits per heavy atom. The number of imide groups is 1. The van der Waals surface area contributed by atoms with Crippen LogP contribution in [0.15, 0.2) is 27.6 Å². The number of halogens is 1. The van der Waals surface area contributed by atoms with Crippen LogP contribution in [0, 0.1) is 0 Å². The van der Waals surface area contributed by atoms with Crippen molar-refractivity contribution in [2.45, 2.75) is 29.9 Å². The molecule has 112 valence electrons. The molecule has 1 aromatic carbocycles. The number of amides is 2. The van der Waals surface area contributed by atoms with E-state index in [9.17, 15) is 14.4 Å². The number of benzene rings is 1. The van der Waals surface area contributed by atoms with Crippen molar-refractivity contribution >= 4 is 45.5 Å². The number of carboxylic acid groups (broad SMARTS) is 1. The van der Waals surface area contributed by atoms with Crippen LogP contribution in [-0.4, -0.2) is 39.6 Å². The number of carbonyl (C=O) groups excluding carboxylic acids is 2. The Hall–Kier alpha value is -1.34. The van der Waals surface area contributed by atoms with Gasteiger partial charge in [0.15, 0.2) is 0 Å². The number of nitrogens with zero attached hydrogens (tertiary/aromatic N) is 1. The number of thioether (sulfide) groups is 1. The highest BCUT2D eigenvalue weighted by atomic mass is 79.9. The Bertz CT molecular complexity index is 605. The van der Waals surface area contributed by atoms with Gasteiger partial charge in [0.25, 0.3) is 0 Å². The molecule has 1 aromatic rings. The predicted molar refractivity (Wildman–Crippen MR) is 82.4 cm³/mol. The Morgan fingerprint density at radius 2 is 2.19 bits per heavy atom. The van der Waals surface area contributed by atoms with Crippen molar-refractivity contribution in [1.29, 1.82) is 0 Å². The summed E-state index contributed by atoms with van der Waals surface area (Å²) in [6.07, 6.45) is 0.901. The second kappa shape index (κ2) is 6.62. The van der Waals surface area contributed by atoms with Gasteiger partial charge in [0.05, 0.1) is 10.8 Å². The van der Waals surface area contributed by atoms with E-state index in [1.54, 1.807) is 12.1 Å². The maximum atomic E-state index is 12.2. The lowest BCUT2D eigenvalue weighted by Gasteiger charge is -2.13. The van der Waals surface area contributed by atoms with Gasteiger partial charge in [-0.05, 0) is 40.5 Å². The van der Waals surface area contributed by atoms with Crippen molar-refractivity contribution < 1.29 is 19.5 Å². The monoisotopic (exact) mass is 371 g/mol. The van der Waals surface area contributed by atoms with E-state index in [0.29, 0.717) is 15.9 Å². The number of carbonyl (C=O) groups is 3. The van der Waals surface area contributed by atoms with Gasteiger partial charge in [-0.3, -0.25) is 14.5 Å². The number of likely N-dealkylation sites (tertiary alicyclic amines) is 1. The molecule has 7 heteroatoms. The average Bonchev–Trinajstić information content (AvgIpc) is 2.69. The molecule has 1 fully saturated rings. The fourth-order valence-corrected chi connectivity index (χ4v) is 3.64. The van der Waals surface area contributed by atoms with Crippen LogP contribution in [0.25, 0.3) is 0 Å². The Morgan fingerprint density at radius 3 is 2.81 bits per heavy atom. The number of hydrogen-bond acceptors (Lipinski definition) is 4. The first-order chi connectivity index (χ1) is 9.93. The number of aromatic carboxylic acids is 1. The molecule has 1 aliphatic heterocycles. The van der Waals surface area contributed by atoms with Crippen molar-refractivity contribution in [3.05, 3.63) is 28.2 Å². The SMILES string of the molecule is CCCN1C(=O)CC(Sc2ccc(Br)c(C(=O)O)c2)C1=O. The first kappa shape index (κ1) is 16.0. The third-order valence-corrected chi connectivity index (χ3v) is 4.97. The molecule has 1 aliphatic rings. The minimum atomic E-state index is -1.04. The van der Waals surface area contributed by atoms with Gasteiger partial charge < -0.3 is 5.11 Å². The number of carboxylic acids is 1. The van der Waals surface area contributed by atoms with Crippen LogP contribution >= 0.6 is 27.7 Å². The highest BCUT2D eigenvalue weighted by Crippen LogP contribution is 2.33. The maximum absolute atomic E-state index is 12.2. The quantitative estimate of drug-likeness (QED) is 0.805. The smallest absolute Gasteiger partial charge is 0.336 e. The second-order valence-corrected chi connectivity index (χ2v) is 6.77. The Kier molecular flexibility index (Phi) is 5.05. The molecule has 2 amide bonds. The molecule has 0 bridgehead atoms. The summed E-state index contributed by atoms with van der Waals surface area (Å²) >= 11 is 4.41. The van der Waals surface area contributed by atoms with Crippen molar-refractivity contribution in [2.24, 2.45) is 0 Å². The van der Waals surface area contributed by atoms with Crippen molar-refractivity contribution in [3.63, 3.8) is 0 Å². The van der Waals surface area contributed by atoms with Crippen LogP contribution in [0.1, 0.15) is 30.1 Å². The van der Waals surface area contributed by atoms with Gasteiger partial charge in [-0.2, -0.15) is 0 Å². The van der Waals surface area contributed by atoms with E-state index in [2.05, 4.69) is 15.9 Å². The summed E-state index contributed by atoms with van der Waals surface area (Å²) in [5, 5.41) is 8.62. The van der Waals surface area contributed by atoms with Gasteiger partial charge >= 0.3 is 5.97 Å². The van der Waals surface area contributed by atoms with Gasteiger partial charge in [-0.1, -0.05) is 6.92 Å². The van der Waals surface area contributed by atoms with Crippen LogP contribution < -0.4 is 0 Å². The zero-order chi connectivity index (χ0) is 15.6. The molecule has 0 spiro atoms. The topological polar surface area (TPSA) is 74.7 Å². The second-order valence-electron chi connectivity index (χ2n) is 4.64. The van der Waals surface area contributed by atoms with E-state index in [0.717, 1.165) is 6.42 Å². The fourth-order valence-electron chi connectivity index (χ4n) is 2.11. The molecule has 0 aliphatic carbocycles. The number of rotatable bonds is 5. The van der Waals surface area contributed by atoms with Crippen LogP contribution in [-0.2, 0) is 9.59 Å². The van der Waals surface area contributed by atoms with E-state index >= 15 is 0 Å². The minimum Gasteiger partial charge on any atom is -0.478 e. The summed E-state index contributed by atoms with van der Waals surface area (Å²) in [6, 6.07) is 4.88. The normalized spacial score (nSPS) is 18.4. The van der Waals surface area contributed by atoms with E-state index in [1.165, 1.54) is 22.7 Å². The third-order valence-electron chi connectivity index (χ3n) is 3.10. The van der Waals surface area contributed by atoms with Crippen molar-refractivity contribution in [1.82, 2.24) is 4.90 Å². The molecule has 1 saturated heterocycles. The molecule has 1 atom stereocenters. The molecule has 5 nitrogen and oxygen atoms in total. The van der Waals surface area contributed by atoms with E-state index in [-0.39, 0.29) is 23.8 Å². The van der Waals surface area contributed by atoms with Crippen LogP contribution in [0.5, 0.6) is 0 Å². The molecule has 21 heavy (non-hydrogen) atoms. The first-order valence-electron chi connectivity index (χ1n) is 6.47. The molecule has 1 unspecified atom stereocenters. The summed E-state index contributed by atoms with van der Waals surface area (Å²) in [6.45, 7) is 2.35. The van der Waals surface area contributed by atoms with Crippen LogP contribution in [0.2, 0.25) is 0 Å². The molecule has 0 aromatic heterocycles. The standard InChI is InChI=1S/C14H14BrNO4S/c1-2-5-16-12(17)7-11(13(16)18)21-8-3-4-10(15)9(6-8)14(19)20/h3-4,6,11H,2,5,7H2,1H3,(H,19,20). The lowest BCUT2D eigenvalue weighted by Crippen LogP contribution is -2.31. The van der Waals surface area contributed by atoms with Crippen molar-refractivity contribution in [2.75, 3.05) is 6.54 Å². The van der Waals surface area contributed by atoms with Gasteiger partial charge in [0.1, 0.15) is 0 Å². The highest BCUT2D eigenvalue weighted by Gasteiger charge is 2.38. The van der Waals surface area contributed by atoms with Gasteiger partial charge in [0.2, 0.25) is 11.8 Å². The largest absolute Gasteiger partial charge is 0.478 e. The summed E-state index contributed by atoms with van der Waals surface area (Å²) < 4.78 is 0.487. The fraction of sp³-hybridized carbons (Fsp3) is 0.357. The average molecular weight is 372 g/mol. The van der Waals surface area contributed by atoms with E-state index < -0.39 is 11.2 Å². The Balaban J connectivity index is 2.16. The lowest BCUT2D eigenvalue weighted by molar-refractivity contribution is -0.138. The molecule has 1 N–H and O–H groups in total. The van der Waals surface area contributed by atoms with Crippen LogP contribution in [0.3, 0.4) is 0 Å². The minimum absolute atomic E-state index is 0.141.